The molecule has 0 aliphatic carbocycles. The first-order valence-corrected chi connectivity index (χ1v) is 9.53. The molecule has 0 bridgehead atoms. The number of amides is 1. The molecule has 0 spiro atoms. The predicted molar refractivity (Wildman–Crippen MR) is 103 cm³/mol. The van der Waals surface area contributed by atoms with E-state index in [2.05, 4.69) is 22.1 Å². The number of hydrogen-bond acceptors (Lipinski definition) is 4. The second-order valence-electron chi connectivity index (χ2n) is 7.12. The number of aryl methyl sites for hydroxylation is 2. The van der Waals surface area contributed by atoms with Crippen LogP contribution in [0.15, 0.2) is 29.1 Å². The third-order valence-electron chi connectivity index (χ3n) is 5.24. The summed E-state index contributed by atoms with van der Waals surface area (Å²) in [7, 11) is 0. The van der Waals surface area contributed by atoms with Crippen LogP contribution in [-0.4, -0.2) is 46.0 Å². The van der Waals surface area contributed by atoms with Crippen LogP contribution in [0.2, 0.25) is 0 Å². The molecule has 1 unspecified atom stereocenters. The van der Waals surface area contributed by atoms with Gasteiger partial charge in [0.25, 0.3) is 5.56 Å². The summed E-state index contributed by atoms with van der Waals surface area (Å²) in [5.74, 6) is -0.0138. The van der Waals surface area contributed by atoms with Crippen molar-refractivity contribution in [2.24, 2.45) is 0 Å². The zero-order chi connectivity index (χ0) is 18.5. The summed E-state index contributed by atoms with van der Waals surface area (Å²) >= 11 is 0. The molecule has 26 heavy (non-hydrogen) atoms. The van der Waals surface area contributed by atoms with Crippen LogP contribution in [-0.2, 0) is 11.3 Å². The van der Waals surface area contributed by atoms with E-state index < -0.39 is 0 Å². The summed E-state index contributed by atoms with van der Waals surface area (Å²) in [4.78, 5) is 31.4. The molecule has 1 amide bonds. The van der Waals surface area contributed by atoms with E-state index >= 15 is 0 Å². The smallest absolute Gasteiger partial charge is 0.272 e. The average Bonchev–Trinajstić information content (AvgIpc) is 2.64. The van der Waals surface area contributed by atoms with Crippen LogP contribution >= 0.6 is 0 Å². The van der Waals surface area contributed by atoms with Crippen molar-refractivity contribution in [1.82, 2.24) is 19.8 Å². The number of piperidine rings is 1. The number of likely N-dealkylation sites (tertiary alicyclic amines) is 1. The average molecular weight is 356 g/mol. The molecule has 1 aliphatic heterocycles. The van der Waals surface area contributed by atoms with Gasteiger partial charge in [0, 0.05) is 32.1 Å². The minimum Gasteiger partial charge on any atom is -0.355 e. The fourth-order valence-corrected chi connectivity index (χ4v) is 3.67. The first-order valence-electron chi connectivity index (χ1n) is 9.53. The highest BCUT2D eigenvalue weighted by Gasteiger charge is 2.17. The molecule has 0 saturated carbocycles. The largest absolute Gasteiger partial charge is 0.355 e. The third-order valence-corrected chi connectivity index (χ3v) is 5.24. The molecule has 1 aromatic heterocycles. The number of carbonyl (C=O) groups is 1. The van der Waals surface area contributed by atoms with Gasteiger partial charge in [-0.3, -0.25) is 14.5 Å². The number of fused-ring (bicyclic) bond motifs is 1. The molecule has 1 saturated heterocycles. The van der Waals surface area contributed by atoms with Gasteiger partial charge >= 0.3 is 0 Å². The van der Waals surface area contributed by atoms with Gasteiger partial charge < -0.3 is 9.88 Å². The minimum atomic E-state index is -0.126. The van der Waals surface area contributed by atoms with Crippen LogP contribution in [0, 0.1) is 6.92 Å². The van der Waals surface area contributed by atoms with E-state index in [0.717, 1.165) is 24.1 Å². The summed E-state index contributed by atoms with van der Waals surface area (Å²) in [5, 5.41) is 2.99. The van der Waals surface area contributed by atoms with Crippen molar-refractivity contribution in [2.75, 3.05) is 19.6 Å². The fourth-order valence-electron chi connectivity index (χ4n) is 3.67. The van der Waals surface area contributed by atoms with Crippen molar-refractivity contribution in [3.8, 4) is 0 Å². The van der Waals surface area contributed by atoms with E-state index in [9.17, 15) is 9.59 Å². The highest BCUT2D eigenvalue weighted by molar-refractivity contribution is 5.77. The number of para-hydroxylation sites is 2. The Hall–Kier alpha value is -2.21. The Morgan fingerprint density at radius 3 is 2.88 bits per heavy atom. The Morgan fingerprint density at radius 2 is 2.08 bits per heavy atom. The maximum absolute atomic E-state index is 12.4. The lowest BCUT2D eigenvalue weighted by molar-refractivity contribution is -0.121. The van der Waals surface area contributed by atoms with Gasteiger partial charge in [-0.15, -0.1) is 0 Å². The summed E-state index contributed by atoms with van der Waals surface area (Å²) in [6, 6.07) is 8.15. The van der Waals surface area contributed by atoms with Crippen molar-refractivity contribution in [3.05, 3.63) is 40.3 Å². The molecule has 140 valence electrons. The van der Waals surface area contributed by atoms with Crippen LogP contribution in [0.3, 0.4) is 0 Å². The van der Waals surface area contributed by atoms with Gasteiger partial charge in [-0.1, -0.05) is 18.6 Å². The molecule has 1 N–H and O–H groups in total. The summed E-state index contributed by atoms with van der Waals surface area (Å²) in [6.45, 7) is 7.01. The monoisotopic (exact) mass is 356 g/mol. The van der Waals surface area contributed by atoms with Gasteiger partial charge in [0.1, 0.15) is 5.69 Å². The zero-order valence-corrected chi connectivity index (χ0v) is 15.7. The Bertz CT molecular complexity index is 830. The number of rotatable bonds is 6. The number of benzene rings is 1. The number of nitrogens with one attached hydrogen (secondary N) is 1. The van der Waals surface area contributed by atoms with E-state index in [-0.39, 0.29) is 11.5 Å². The summed E-state index contributed by atoms with van der Waals surface area (Å²) in [5.41, 5.74) is 1.89. The number of hydrogen-bond donors (Lipinski definition) is 1. The molecular weight excluding hydrogens is 328 g/mol. The van der Waals surface area contributed by atoms with Gasteiger partial charge in [-0.2, -0.15) is 0 Å². The minimum absolute atomic E-state index is 0.0138. The van der Waals surface area contributed by atoms with E-state index in [1.165, 1.54) is 19.3 Å². The van der Waals surface area contributed by atoms with Crippen molar-refractivity contribution < 1.29 is 4.79 Å². The van der Waals surface area contributed by atoms with Gasteiger partial charge in [0.05, 0.1) is 11.0 Å². The van der Waals surface area contributed by atoms with Gasteiger partial charge in [0.15, 0.2) is 0 Å². The fraction of sp³-hybridized carbons (Fsp3) is 0.550. The number of aromatic nitrogens is 2. The molecule has 6 heteroatoms. The molecule has 0 radical (unpaired) electrons. The van der Waals surface area contributed by atoms with E-state index in [1.807, 2.05) is 24.3 Å². The van der Waals surface area contributed by atoms with Crippen LogP contribution in [0.25, 0.3) is 11.0 Å². The van der Waals surface area contributed by atoms with E-state index in [0.29, 0.717) is 31.2 Å². The summed E-state index contributed by atoms with van der Waals surface area (Å²) < 4.78 is 1.66. The van der Waals surface area contributed by atoms with Crippen LogP contribution in [0.1, 0.15) is 38.3 Å². The van der Waals surface area contributed by atoms with Crippen molar-refractivity contribution in [2.45, 2.75) is 52.1 Å². The van der Waals surface area contributed by atoms with Crippen molar-refractivity contribution >= 4 is 16.9 Å². The van der Waals surface area contributed by atoms with Crippen LogP contribution in [0.4, 0.5) is 0 Å². The van der Waals surface area contributed by atoms with Crippen molar-refractivity contribution in [1.29, 1.82) is 0 Å². The Labute approximate surface area is 154 Å². The molecule has 3 rings (SSSR count). The number of nitrogens with zero attached hydrogens (tertiary/aromatic N) is 3. The van der Waals surface area contributed by atoms with Crippen LogP contribution < -0.4 is 10.9 Å². The van der Waals surface area contributed by atoms with E-state index in [1.54, 1.807) is 11.5 Å². The molecular formula is C20H28N4O2. The second-order valence-corrected chi connectivity index (χ2v) is 7.12. The lowest BCUT2D eigenvalue weighted by atomic mass is 10.0. The molecule has 1 fully saturated rings. The zero-order valence-electron chi connectivity index (χ0n) is 15.7. The van der Waals surface area contributed by atoms with Gasteiger partial charge in [0.2, 0.25) is 5.91 Å². The normalized spacial score (nSPS) is 18.2. The first-order chi connectivity index (χ1) is 12.6. The lowest BCUT2D eigenvalue weighted by Gasteiger charge is -2.33. The first kappa shape index (κ1) is 18.6. The maximum Gasteiger partial charge on any atom is 0.272 e. The van der Waals surface area contributed by atoms with E-state index in [4.69, 9.17) is 0 Å². The molecule has 1 aromatic carbocycles. The number of carbonyl (C=O) groups excluding carboxylic acids is 1. The second kappa shape index (κ2) is 8.45. The quantitative estimate of drug-likeness (QED) is 0.861. The highest BCUT2D eigenvalue weighted by Crippen LogP contribution is 2.15. The van der Waals surface area contributed by atoms with Crippen LogP contribution in [0.5, 0.6) is 0 Å². The highest BCUT2D eigenvalue weighted by atomic mass is 16.2. The SMILES string of the molecule is Cc1nc2ccccc2n(CCC(=O)NCCN2CCCCC2C)c1=O. The van der Waals surface area contributed by atoms with Gasteiger partial charge in [-0.25, -0.2) is 4.98 Å². The Balaban J connectivity index is 1.55. The molecule has 1 atom stereocenters. The maximum atomic E-state index is 12.4. The molecule has 6 nitrogen and oxygen atoms in total. The van der Waals surface area contributed by atoms with Gasteiger partial charge in [-0.05, 0) is 45.4 Å². The van der Waals surface area contributed by atoms with Crippen molar-refractivity contribution in [3.63, 3.8) is 0 Å². The lowest BCUT2D eigenvalue weighted by Crippen LogP contribution is -2.42. The third kappa shape index (κ3) is 4.30. The molecule has 2 heterocycles. The standard InChI is InChI=1S/C20H28N4O2/c1-15-7-5-6-12-23(15)14-11-21-19(25)10-13-24-18-9-4-3-8-17(18)22-16(2)20(24)26/h3-4,8-9,15H,5-7,10-14H2,1-2H3,(H,21,25). The summed E-state index contributed by atoms with van der Waals surface area (Å²) in [6.07, 6.45) is 4.09. The molecule has 2 aromatic rings. The topological polar surface area (TPSA) is 67.2 Å². The molecule has 1 aliphatic rings. The Kier molecular flexibility index (Phi) is 6.04. The Morgan fingerprint density at radius 1 is 1.27 bits per heavy atom. The predicted octanol–water partition coefficient (Wildman–Crippen LogP) is 2.09.